The van der Waals surface area contributed by atoms with Crippen molar-refractivity contribution in [3.63, 3.8) is 0 Å². The number of rotatable bonds is 5. The van der Waals surface area contributed by atoms with Gasteiger partial charge in [0.15, 0.2) is 0 Å². The molecule has 0 bridgehead atoms. The molecule has 0 aliphatic carbocycles. The third-order valence-corrected chi connectivity index (χ3v) is 5.38. The van der Waals surface area contributed by atoms with Crippen LogP contribution >= 0.6 is 0 Å². The first kappa shape index (κ1) is 17.2. The summed E-state index contributed by atoms with van der Waals surface area (Å²) in [6, 6.07) is 11.1. The lowest BCUT2D eigenvalue weighted by atomic mass is 10.0. The van der Waals surface area contributed by atoms with Crippen molar-refractivity contribution in [2.24, 2.45) is 0 Å². The standard InChI is InChI=1S/C20H27N5O/c1-22(2)15-19-21-12-18-14-24(20(26)25(18)19)17-8-10-23(11-9-17)13-16-6-4-3-5-7-16/h3-7,12,17H,8-11,13-15H2,1-2H3. The Morgan fingerprint density at radius 3 is 2.58 bits per heavy atom. The van der Waals surface area contributed by atoms with Gasteiger partial charge in [-0.25, -0.2) is 14.3 Å². The first-order valence-electron chi connectivity index (χ1n) is 9.39. The van der Waals surface area contributed by atoms with Crippen molar-refractivity contribution in [3.05, 3.63) is 53.6 Å². The summed E-state index contributed by atoms with van der Waals surface area (Å²) < 4.78 is 1.82. The number of amides is 1. The summed E-state index contributed by atoms with van der Waals surface area (Å²) in [6.45, 7) is 4.47. The highest BCUT2D eigenvalue weighted by Gasteiger charge is 2.36. The number of piperidine rings is 1. The molecule has 3 heterocycles. The molecule has 0 radical (unpaired) electrons. The van der Waals surface area contributed by atoms with Gasteiger partial charge in [-0.05, 0) is 32.5 Å². The van der Waals surface area contributed by atoms with E-state index >= 15 is 0 Å². The van der Waals surface area contributed by atoms with E-state index in [0.717, 1.165) is 44.0 Å². The third-order valence-electron chi connectivity index (χ3n) is 5.38. The second-order valence-corrected chi connectivity index (χ2v) is 7.64. The van der Waals surface area contributed by atoms with Crippen LogP contribution < -0.4 is 0 Å². The topological polar surface area (TPSA) is 44.6 Å². The summed E-state index contributed by atoms with van der Waals surface area (Å²) >= 11 is 0. The fourth-order valence-corrected chi connectivity index (χ4v) is 4.06. The molecule has 1 aromatic heterocycles. The number of nitrogens with zero attached hydrogens (tertiary/aromatic N) is 5. The van der Waals surface area contributed by atoms with E-state index in [0.29, 0.717) is 19.1 Å². The molecule has 0 saturated carbocycles. The van der Waals surface area contributed by atoms with Gasteiger partial charge in [0.05, 0.1) is 25.0 Å². The lowest BCUT2D eigenvalue weighted by molar-refractivity contribution is 0.123. The molecule has 0 N–H and O–H groups in total. The monoisotopic (exact) mass is 353 g/mol. The van der Waals surface area contributed by atoms with E-state index in [2.05, 4.69) is 45.1 Å². The normalized spacial score (nSPS) is 18.7. The molecule has 1 amide bonds. The minimum atomic E-state index is 0.107. The molecule has 2 aromatic rings. The van der Waals surface area contributed by atoms with E-state index in [9.17, 15) is 4.79 Å². The minimum absolute atomic E-state index is 0.107. The van der Waals surface area contributed by atoms with Crippen LogP contribution in [0.2, 0.25) is 0 Å². The number of hydrogen-bond acceptors (Lipinski definition) is 4. The predicted octanol–water partition coefficient (Wildman–Crippen LogP) is 2.39. The fraction of sp³-hybridized carbons (Fsp3) is 0.500. The Kier molecular flexibility index (Phi) is 4.78. The predicted molar refractivity (Wildman–Crippen MR) is 101 cm³/mol. The van der Waals surface area contributed by atoms with Gasteiger partial charge < -0.3 is 9.80 Å². The number of aromatic nitrogens is 2. The molecular formula is C20H27N5O. The van der Waals surface area contributed by atoms with Gasteiger partial charge in [-0.2, -0.15) is 0 Å². The van der Waals surface area contributed by atoms with Crippen molar-refractivity contribution in [2.75, 3.05) is 27.2 Å². The van der Waals surface area contributed by atoms with Crippen molar-refractivity contribution < 1.29 is 4.79 Å². The molecule has 0 unspecified atom stereocenters. The number of carbonyl (C=O) groups is 1. The van der Waals surface area contributed by atoms with Gasteiger partial charge in [0, 0.05) is 25.7 Å². The van der Waals surface area contributed by atoms with E-state index in [1.165, 1.54) is 5.56 Å². The minimum Gasteiger partial charge on any atom is -0.315 e. The van der Waals surface area contributed by atoms with Crippen LogP contribution in [0.15, 0.2) is 36.5 Å². The Bertz CT molecular complexity index is 762. The van der Waals surface area contributed by atoms with Gasteiger partial charge in [-0.3, -0.25) is 4.90 Å². The van der Waals surface area contributed by atoms with Crippen LogP contribution in [0.5, 0.6) is 0 Å². The van der Waals surface area contributed by atoms with Crippen LogP contribution in [0.4, 0.5) is 4.79 Å². The van der Waals surface area contributed by atoms with Crippen molar-refractivity contribution in [2.45, 2.75) is 38.5 Å². The molecule has 6 nitrogen and oxygen atoms in total. The van der Waals surface area contributed by atoms with Gasteiger partial charge in [0.2, 0.25) is 0 Å². The maximum atomic E-state index is 12.9. The van der Waals surface area contributed by atoms with Crippen LogP contribution in [0.3, 0.4) is 0 Å². The number of carbonyl (C=O) groups excluding carboxylic acids is 1. The van der Waals surface area contributed by atoms with Crippen LogP contribution in [0, 0.1) is 0 Å². The van der Waals surface area contributed by atoms with Gasteiger partial charge in [0.1, 0.15) is 5.82 Å². The maximum absolute atomic E-state index is 12.9. The summed E-state index contributed by atoms with van der Waals surface area (Å²) in [7, 11) is 4.00. The Morgan fingerprint density at radius 1 is 1.15 bits per heavy atom. The van der Waals surface area contributed by atoms with Gasteiger partial charge in [-0.1, -0.05) is 30.3 Å². The van der Waals surface area contributed by atoms with Crippen molar-refractivity contribution in [3.8, 4) is 0 Å². The summed E-state index contributed by atoms with van der Waals surface area (Å²) in [5.74, 6) is 0.846. The summed E-state index contributed by atoms with van der Waals surface area (Å²) in [6.07, 6.45) is 3.95. The van der Waals surface area contributed by atoms with E-state index < -0.39 is 0 Å². The first-order valence-corrected chi connectivity index (χ1v) is 9.39. The van der Waals surface area contributed by atoms with E-state index in [4.69, 9.17) is 0 Å². The lowest BCUT2D eigenvalue weighted by Gasteiger charge is -2.36. The molecular weight excluding hydrogens is 326 g/mol. The SMILES string of the molecule is CN(C)Cc1ncc2n1C(=O)N(C1CCN(Cc3ccccc3)CC1)C2. The molecule has 0 atom stereocenters. The van der Waals surface area contributed by atoms with Gasteiger partial charge in [0.25, 0.3) is 0 Å². The highest BCUT2D eigenvalue weighted by Crippen LogP contribution is 2.26. The number of fused-ring (bicyclic) bond motifs is 1. The zero-order valence-electron chi connectivity index (χ0n) is 15.6. The van der Waals surface area contributed by atoms with Crippen molar-refractivity contribution in [1.29, 1.82) is 0 Å². The highest BCUT2D eigenvalue weighted by molar-refractivity contribution is 5.81. The first-order chi connectivity index (χ1) is 12.6. The van der Waals surface area contributed by atoms with Gasteiger partial charge in [-0.15, -0.1) is 0 Å². The zero-order valence-corrected chi connectivity index (χ0v) is 15.6. The largest absolute Gasteiger partial charge is 0.330 e. The second-order valence-electron chi connectivity index (χ2n) is 7.64. The molecule has 26 heavy (non-hydrogen) atoms. The smallest absolute Gasteiger partial charge is 0.315 e. The summed E-state index contributed by atoms with van der Waals surface area (Å²) in [5, 5.41) is 0. The molecule has 138 valence electrons. The molecule has 1 aromatic carbocycles. The Labute approximate surface area is 155 Å². The van der Waals surface area contributed by atoms with Crippen molar-refractivity contribution >= 4 is 6.03 Å². The van der Waals surface area contributed by atoms with Crippen LogP contribution in [0.25, 0.3) is 0 Å². The summed E-state index contributed by atoms with van der Waals surface area (Å²) in [4.78, 5) is 24.0. The quantitative estimate of drug-likeness (QED) is 0.828. The average Bonchev–Trinajstić information content (AvgIpc) is 3.17. The summed E-state index contributed by atoms with van der Waals surface area (Å²) in [5.41, 5.74) is 2.39. The Morgan fingerprint density at radius 2 is 1.88 bits per heavy atom. The van der Waals surface area contributed by atoms with E-state index in [-0.39, 0.29) is 6.03 Å². The Balaban J connectivity index is 1.36. The molecule has 2 aliphatic rings. The molecule has 4 rings (SSSR count). The number of benzene rings is 1. The Hall–Kier alpha value is -2.18. The van der Waals surface area contributed by atoms with Crippen LogP contribution in [-0.2, 0) is 19.6 Å². The van der Waals surface area contributed by atoms with E-state index in [1.807, 2.05) is 29.8 Å². The molecule has 2 aliphatic heterocycles. The third kappa shape index (κ3) is 3.39. The van der Waals surface area contributed by atoms with E-state index in [1.54, 1.807) is 0 Å². The maximum Gasteiger partial charge on any atom is 0.330 e. The van der Waals surface area contributed by atoms with Gasteiger partial charge >= 0.3 is 6.03 Å². The lowest BCUT2D eigenvalue weighted by Crippen LogP contribution is -2.45. The fourth-order valence-electron chi connectivity index (χ4n) is 4.06. The van der Waals surface area contributed by atoms with Crippen LogP contribution in [-0.4, -0.2) is 63.5 Å². The highest BCUT2D eigenvalue weighted by atomic mass is 16.2. The second kappa shape index (κ2) is 7.21. The molecule has 0 spiro atoms. The number of imidazole rings is 1. The molecule has 1 fully saturated rings. The van der Waals surface area contributed by atoms with Crippen LogP contribution in [0.1, 0.15) is 29.9 Å². The van der Waals surface area contributed by atoms with Crippen molar-refractivity contribution in [1.82, 2.24) is 24.3 Å². The number of hydrogen-bond donors (Lipinski definition) is 0. The zero-order chi connectivity index (χ0) is 18.1. The molecule has 1 saturated heterocycles. The average molecular weight is 353 g/mol. The molecule has 6 heteroatoms. The number of likely N-dealkylation sites (tertiary alicyclic amines) is 1.